The first-order valence-electron chi connectivity index (χ1n) is 8.64. The van der Waals surface area contributed by atoms with Gasteiger partial charge in [-0.1, -0.05) is 42.1 Å². The van der Waals surface area contributed by atoms with E-state index in [4.69, 9.17) is 4.74 Å². The second-order valence-electron chi connectivity index (χ2n) is 6.02. The Bertz CT molecular complexity index is 879. The number of hydrogen-bond acceptors (Lipinski definition) is 4. The smallest absolute Gasteiger partial charge is 0.236 e. The van der Waals surface area contributed by atoms with Gasteiger partial charge in [-0.15, -0.1) is 0 Å². The van der Waals surface area contributed by atoms with Crippen molar-refractivity contribution in [1.29, 1.82) is 0 Å². The maximum atomic E-state index is 12.8. The van der Waals surface area contributed by atoms with E-state index in [9.17, 15) is 4.79 Å². The van der Waals surface area contributed by atoms with Gasteiger partial charge in [-0.2, -0.15) is 0 Å². The number of benzene rings is 2. The number of ether oxygens (including phenoxy) is 1. The number of amides is 1. The van der Waals surface area contributed by atoms with Gasteiger partial charge in [0.25, 0.3) is 0 Å². The number of nitrogens with zero attached hydrogens (tertiary/aromatic N) is 2. The van der Waals surface area contributed by atoms with Gasteiger partial charge in [-0.25, -0.2) is 4.98 Å². The third-order valence-electron chi connectivity index (χ3n) is 4.21. The molecule has 0 spiro atoms. The summed E-state index contributed by atoms with van der Waals surface area (Å²) >= 11 is 1.45. The van der Waals surface area contributed by atoms with Gasteiger partial charge in [-0.3, -0.25) is 4.79 Å². The minimum atomic E-state index is -0.221. The van der Waals surface area contributed by atoms with E-state index in [1.807, 2.05) is 67.3 Å². The Morgan fingerprint density at radius 2 is 2.04 bits per heavy atom. The summed E-state index contributed by atoms with van der Waals surface area (Å²) in [6.45, 7) is 5.23. The lowest BCUT2D eigenvalue weighted by Crippen LogP contribution is -2.36. The van der Waals surface area contributed by atoms with Crippen molar-refractivity contribution >= 4 is 28.7 Å². The Morgan fingerprint density at radius 3 is 2.73 bits per heavy atom. The molecular formula is C20H23N3O2S. The zero-order valence-corrected chi connectivity index (χ0v) is 16.0. The molecule has 0 saturated heterocycles. The standard InChI is InChI=1S/C20H23N3O2S/c1-4-23(13-15-8-6-5-7-9-15)19(24)14(2)26-20-21-17-11-10-16(25-3)12-18(17)22-20/h5-12,14H,4,13H2,1-3H3,(H,21,22). The summed E-state index contributed by atoms with van der Waals surface area (Å²) in [6.07, 6.45) is 0. The topological polar surface area (TPSA) is 58.2 Å². The van der Waals surface area contributed by atoms with E-state index in [1.165, 1.54) is 11.8 Å². The van der Waals surface area contributed by atoms with Crippen molar-refractivity contribution in [3.8, 4) is 5.75 Å². The first kappa shape index (κ1) is 18.3. The number of imidazole rings is 1. The predicted molar refractivity (Wildman–Crippen MR) is 105 cm³/mol. The van der Waals surface area contributed by atoms with Crippen LogP contribution in [0.15, 0.2) is 53.7 Å². The van der Waals surface area contributed by atoms with Gasteiger partial charge in [0.2, 0.25) is 5.91 Å². The van der Waals surface area contributed by atoms with Crippen LogP contribution in [-0.2, 0) is 11.3 Å². The summed E-state index contributed by atoms with van der Waals surface area (Å²) in [7, 11) is 1.64. The Morgan fingerprint density at radius 1 is 1.27 bits per heavy atom. The molecule has 1 atom stereocenters. The summed E-state index contributed by atoms with van der Waals surface area (Å²) in [5, 5.41) is 0.519. The Hall–Kier alpha value is -2.47. The normalized spacial score (nSPS) is 12.1. The van der Waals surface area contributed by atoms with E-state index >= 15 is 0 Å². The van der Waals surface area contributed by atoms with Crippen LogP contribution in [0.2, 0.25) is 0 Å². The average molecular weight is 369 g/mol. The number of aromatic amines is 1. The number of H-pyrrole nitrogens is 1. The molecule has 136 valence electrons. The van der Waals surface area contributed by atoms with E-state index in [2.05, 4.69) is 9.97 Å². The molecule has 1 aromatic heterocycles. The first-order valence-corrected chi connectivity index (χ1v) is 9.51. The van der Waals surface area contributed by atoms with E-state index in [0.29, 0.717) is 13.1 Å². The van der Waals surface area contributed by atoms with Crippen LogP contribution in [0.1, 0.15) is 19.4 Å². The highest BCUT2D eigenvalue weighted by Crippen LogP contribution is 2.26. The zero-order chi connectivity index (χ0) is 18.5. The fraction of sp³-hybridized carbons (Fsp3) is 0.300. The zero-order valence-electron chi connectivity index (χ0n) is 15.2. The lowest BCUT2D eigenvalue weighted by atomic mass is 10.2. The number of fused-ring (bicyclic) bond motifs is 1. The molecule has 0 bridgehead atoms. The highest BCUT2D eigenvalue weighted by Gasteiger charge is 2.22. The molecular weight excluding hydrogens is 346 g/mol. The van der Waals surface area contributed by atoms with Gasteiger partial charge < -0.3 is 14.6 Å². The molecule has 0 saturated carbocycles. The van der Waals surface area contributed by atoms with Crippen LogP contribution in [0, 0.1) is 0 Å². The monoisotopic (exact) mass is 369 g/mol. The van der Waals surface area contributed by atoms with Gasteiger partial charge in [-0.05, 0) is 31.5 Å². The molecule has 2 aromatic carbocycles. The van der Waals surface area contributed by atoms with Crippen molar-refractivity contribution < 1.29 is 9.53 Å². The van der Waals surface area contributed by atoms with Crippen LogP contribution in [0.5, 0.6) is 5.75 Å². The van der Waals surface area contributed by atoms with E-state index in [0.717, 1.165) is 27.5 Å². The third-order valence-corrected chi connectivity index (χ3v) is 5.18. The van der Waals surface area contributed by atoms with Crippen molar-refractivity contribution in [3.63, 3.8) is 0 Å². The molecule has 0 aliphatic carbocycles. The molecule has 1 N–H and O–H groups in total. The summed E-state index contributed by atoms with van der Waals surface area (Å²) in [5.41, 5.74) is 2.91. The molecule has 3 aromatic rings. The van der Waals surface area contributed by atoms with E-state index < -0.39 is 0 Å². The molecule has 0 aliphatic rings. The quantitative estimate of drug-likeness (QED) is 0.637. The minimum absolute atomic E-state index is 0.111. The average Bonchev–Trinajstić information content (AvgIpc) is 3.07. The molecule has 0 fully saturated rings. The van der Waals surface area contributed by atoms with Crippen molar-refractivity contribution in [2.45, 2.75) is 30.8 Å². The van der Waals surface area contributed by atoms with Crippen molar-refractivity contribution in [3.05, 3.63) is 54.1 Å². The number of hydrogen-bond donors (Lipinski definition) is 1. The fourth-order valence-corrected chi connectivity index (χ4v) is 3.68. The van der Waals surface area contributed by atoms with Crippen LogP contribution in [0.25, 0.3) is 11.0 Å². The van der Waals surface area contributed by atoms with Crippen LogP contribution < -0.4 is 4.74 Å². The van der Waals surface area contributed by atoms with E-state index in [-0.39, 0.29) is 11.2 Å². The van der Waals surface area contributed by atoms with Crippen LogP contribution in [0.3, 0.4) is 0 Å². The number of rotatable bonds is 7. The number of aromatic nitrogens is 2. The van der Waals surface area contributed by atoms with Gasteiger partial charge in [0, 0.05) is 19.2 Å². The summed E-state index contributed by atoms with van der Waals surface area (Å²) < 4.78 is 5.24. The number of carbonyl (C=O) groups is 1. The molecule has 1 unspecified atom stereocenters. The summed E-state index contributed by atoms with van der Waals surface area (Å²) in [6, 6.07) is 15.8. The highest BCUT2D eigenvalue weighted by atomic mass is 32.2. The van der Waals surface area contributed by atoms with Gasteiger partial charge in [0.05, 0.1) is 23.4 Å². The molecule has 1 heterocycles. The molecule has 0 aliphatic heterocycles. The molecule has 1 amide bonds. The van der Waals surface area contributed by atoms with E-state index in [1.54, 1.807) is 7.11 Å². The van der Waals surface area contributed by atoms with Gasteiger partial charge >= 0.3 is 0 Å². The maximum absolute atomic E-state index is 12.8. The number of thioether (sulfide) groups is 1. The lowest BCUT2D eigenvalue weighted by molar-refractivity contribution is -0.130. The number of carbonyl (C=O) groups excluding carboxylic acids is 1. The minimum Gasteiger partial charge on any atom is -0.497 e. The van der Waals surface area contributed by atoms with Crippen molar-refractivity contribution in [2.75, 3.05) is 13.7 Å². The largest absolute Gasteiger partial charge is 0.497 e. The second-order valence-corrected chi connectivity index (χ2v) is 7.35. The van der Waals surface area contributed by atoms with Gasteiger partial charge in [0.1, 0.15) is 5.75 Å². The fourth-order valence-electron chi connectivity index (χ4n) is 2.77. The third kappa shape index (κ3) is 4.19. The Labute approximate surface area is 157 Å². The van der Waals surface area contributed by atoms with Gasteiger partial charge in [0.15, 0.2) is 5.16 Å². The number of methoxy groups -OCH3 is 1. The first-order chi connectivity index (χ1) is 12.6. The molecule has 26 heavy (non-hydrogen) atoms. The van der Waals surface area contributed by atoms with Crippen molar-refractivity contribution in [2.24, 2.45) is 0 Å². The summed E-state index contributed by atoms with van der Waals surface area (Å²) in [4.78, 5) is 22.5. The van der Waals surface area contributed by atoms with Crippen LogP contribution in [0.4, 0.5) is 0 Å². The number of nitrogens with one attached hydrogen (secondary N) is 1. The molecule has 6 heteroatoms. The maximum Gasteiger partial charge on any atom is 0.236 e. The highest BCUT2D eigenvalue weighted by molar-refractivity contribution is 8.00. The Kier molecular flexibility index (Phi) is 5.83. The second kappa shape index (κ2) is 8.27. The summed E-state index contributed by atoms with van der Waals surface area (Å²) in [5.74, 6) is 0.890. The predicted octanol–water partition coefficient (Wildman–Crippen LogP) is 4.10. The van der Waals surface area contributed by atoms with Crippen LogP contribution >= 0.6 is 11.8 Å². The molecule has 0 radical (unpaired) electrons. The SMILES string of the molecule is CCN(Cc1ccccc1)C(=O)C(C)Sc1nc2ccc(OC)cc2[nH]1. The van der Waals surface area contributed by atoms with Crippen LogP contribution in [-0.4, -0.2) is 39.7 Å². The van der Waals surface area contributed by atoms with Crippen molar-refractivity contribution in [1.82, 2.24) is 14.9 Å². The molecule has 3 rings (SSSR count). The molecule has 5 nitrogen and oxygen atoms in total. The lowest BCUT2D eigenvalue weighted by Gasteiger charge is -2.24. The Balaban J connectivity index is 1.69.